The van der Waals surface area contributed by atoms with Crippen LogP contribution in [0.3, 0.4) is 0 Å². The van der Waals surface area contributed by atoms with E-state index >= 15 is 0 Å². The quantitative estimate of drug-likeness (QED) is 0.590. The minimum absolute atomic E-state index is 0.395. The molecular weight excluding hydrogens is 311 g/mol. The summed E-state index contributed by atoms with van der Waals surface area (Å²) in [4.78, 5) is 0. The average Bonchev–Trinajstić information content (AvgIpc) is 2.83. The lowest BCUT2D eigenvalue weighted by Crippen LogP contribution is -2.10. The average molecular weight is 324 g/mol. The summed E-state index contributed by atoms with van der Waals surface area (Å²) in [5.74, 6) is -2.87. The van der Waals surface area contributed by atoms with Crippen molar-refractivity contribution in [1.29, 1.82) is 0 Å². The van der Waals surface area contributed by atoms with E-state index in [0.717, 1.165) is 12.1 Å². The maximum Gasteiger partial charge on any atom is 0.416 e. The van der Waals surface area contributed by atoms with Crippen LogP contribution in [0.1, 0.15) is 29.5 Å². The van der Waals surface area contributed by atoms with Crippen LogP contribution in [-0.4, -0.2) is 5.92 Å². The summed E-state index contributed by atoms with van der Waals surface area (Å²) >= 11 is 0. The molecular formula is C18H13F5. The third-order valence-electron chi connectivity index (χ3n) is 3.92. The molecule has 0 radical (unpaired) electrons. The number of rotatable bonds is 2. The van der Waals surface area contributed by atoms with E-state index in [-0.39, 0.29) is 0 Å². The Balaban J connectivity index is 2.04. The minimum atomic E-state index is -4.44. The number of hydrogen-bond acceptors (Lipinski definition) is 0. The minimum Gasteiger partial charge on any atom is -0.206 e. The molecule has 0 heterocycles. The normalized spacial score (nSPS) is 17.6. The van der Waals surface area contributed by atoms with Crippen molar-refractivity contribution in [2.45, 2.75) is 24.9 Å². The van der Waals surface area contributed by atoms with E-state index in [1.165, 1.54) is 12.1 Å². The molecule has 5 heteroatoms. The first-order valence-corrected chi connectivity index (χ1v) is 7.09. The molecule has 0 unspecified atom stereocenters. The third kappa shape index (κ3) is 3.28. The molecule has 0 fully saturated rings. The van der Waals surface area contributed by atoms with Gasteiger partial charge in [0.15, 0.2) is 0 Å². The van der Waals surface area contributed by atoms with Gasteiger partial charge in [0.05, 0.1) is 5.56 Å². The van der Waals surface area contributed by atoms with Crippen LogP contribution in [0.25, 0.3) is 11.1 Å². The summed E-state index contributed by atoms with van der Waals surface area (Å²) in [7, 11) is 0. The maximum atomic E-state index is 13.9. The van der Waals surface area contributed by atoms with Gasteiger partial charge in [0, 0.05) is 12.8 Å². The SMILES string of the molecule is FC1(F)CC(c2ccccc2)=C(c2ccc(C(F)(F)F)cc2)C1. The smallest absolute Gasteiger partial charge is 0.206 e. The Morgan fingerprint density at radius 3 is 1.65 bits per heavy atom. The van der Waals surface area contributed by atoms with Crippen LogP contribution in [0.2, 0.25) is 0 Å². The van der Waals surface area contributed by atoms with Gasteiger partial charge in [-0.3, -0.25) is 0 Å². The standard InChI is InChI=1S/C18H13F5/c19-17(20)10-15(12-4-2-1-3-5-12)16(11-17)13-6-8-14(9-7-13)18(21,22)23/h1-9H,10-11H2. The van der Waals surface area contributed by atoms with Gasteiger partial charge in [0.2, 0.25) is 0 Å². The topological polar surface area (TPSA) is 0 Å². The van der Waals surface area contributed by atoms with Gasteiger partial charge in [-0.05, 0) is 34.4 Å². The molecule has 1 aliphatic carbocycles. The molecule has 1 aliphatic rings. The highest BCUT2D eigenvalue weighted by molar-refractivity contribution is 5.94. The Morgan fingerprint density at radius 1 is 0.696 bits per heavy atom. The lowest BCUT2D eigenvalue weighted by Gasteiger charge is -2.10. The summed E-state index contributed by atoms with van der Waals surface area (Å²) in [6, 6.07) is 13.2. The van der Waals surface area contributed by atoms with Crippen molar-refractivity contribution in [3.05, 3.63) is 71.3 Å². The Bertz CT molecular complexity index is 724. The van der Waals surface area contributed by atoms with Gasteiger partial charge in [-0.1, -0.05) is 42.5 Å². The fraction of sp³-hybridized carbons (Fsp3) is 0.222. The molecule has 0 amide bonds. The highest BCUT2D eigenvalue weighted by Gasteiger charge is 2.40. The van der Waals surface area contributed by atoms with Gasteiger partial charge in [0.1, 0.15) is 0 Å². The number of allylic oxidation sites excluding steroid dienone is 2. The monoisotopic (exact) mass is 324 g/mol. The highest BCUT2D eigenvalue weighted by atomic mass is 19.4. The summed E-state index contributed by atoms with van der Waals surface area (Å²) in [6.07, 6.45) is -5.29. The maximum absolute atomic E-state index is 13.9. The van der Waals surface area contributed by atoms with Crippen LogP contribution in [0.4, 0.5) is 22.0 Å². The van der Waals surface area contributed by atoms with Crippen LogP contribution in [0.5, 0.6) is 0 Å². The van der Waals surface area contributed by atoms with Crippen molar-refractivity contribution in [2.75, 3.05) is 0 Å². The highest BCUT2D eigenvalue weighted by Crippen LogP contribution is 2.48. The van der Waals surface area contributed by atoms with Gasteiger partial charge in [-0.15, -0.1) is 0 Å². The van der Waals surface area contributed by atoms with Crippen LogP contribution >= 0.6 is 0 Å². The molecule has 23 heavy (non-hydrogen) atoms. The second kappa shape index (κ2) is 5.48. The fourth-order valence-corrected chi connectivity index (χ4v) is 2.85. The molecule has 0 atom stereocenters. The summed E-state index contributed by atoms with van der Waals surface area (Å²) in [5, 5.41) is 0. The van der Waals surface area contributed by atoms with Gasteiger partial charge in [0.25, 0.3) is 5.92 Å². The Hall–Kier alpha value is -2.17. The van der Waals surface area contributed by atoms with E-state index < -0.39 is 30.5 Å². The van der Waals surface area contributed by atoms with Crippen LogP contribution in [0, 0.1) is 0 Å². The second-order valence-corrected chi connectivity index (χ2v) is 5.61. The summed E-state index contributed by atoms with van der Waals surface area (Å²) < 4.78 is 65.6. The van der Waals surface area contributed by atoms with E-state index in [1.807, 2.05) is 0 Å². The molecule has 0 aliphatic heterocycles. The largest absolute Gasteiger partial charge is 0.416 e. The molecule has 0 saturated heterocycles. The first-order chi connectivity index (χ1) is 10.8. The lowest BCUT2D eigenvalue weighted by molar-refractivity contribution is -0.137. The van der Waals surface area contributed by atoms with E-state index in [9.17, 15) is 22.0 Å². The van der Waals surface area contributed by atoms with E-state index in [0.29, 0.717) is 22.3 Å². The van der Waals surface area contributed by atoms with Crippen LogP contribution in [-0.2, 0) is 6.18 Å². The molecule has 2 aromatic rings. The molecule has 0 nitrogen and oxygen atoms in total. The third-order valence-corrected chi connectivity index (χ3v) is 3.92. The van der Waals surface area contributed by atoms with Gasteiger partial charge < -0.3 is 0 Å². The first kappa shape index (κ1) is 15.7. The van der Waals surface area contributed by atoms with E-state index in [4.69, 9.17) is 0 Å². The number of benzene rings is 2. The second-order valence-electron chi connectivity index (χ2n) is 5.61. The molecule has 0 saturated carbocycles. The number of alkyl halides is 5. The van der Waals surface area contributed by atoms with Crippen LogP contribution in [0.15, 0.2) is 54.6 Å². The molecule has 0 bridgehead atoms. The molecule has 0 N–H and O–H groups in total. The van der Waals surface area contributed by atoms with Crippen molar-refractivity contribution in [3.8, 4) is 0 Å². The van der Waals surface area contributed by atoms with Gasteiger partial charge >= 0.3 is 6.18 Å². The van der Waals surface area contributed by atoms with Crippen molar-refractivity contribution in [3.63, 3.8) is 0 Å². The number of hydrogen-bond donors (Lipinski definition) is 0. The van der Waals surface area contributed by atoms with Gasteiger partial charge in [-0.25, -0.2) is 8.78 Å². The molecule has 3 rings (SSSR count). The van der Waals surface area contributed by atoms with Crippen molar-refractivity contribution < 1.29 is 22.0 Å². The predicted octanol–water partition coefficient (Wildman–Crippen LogP) is 6.05. The molecule has 120 valence electrons. The molecule has 2 aromatic carbocycles. The zero-order valence-electron chi connectivity index (χ0n) is 12.0. The van der Waals surface area contributed by atoms with Gasteiger partial charge in [-0.2, -0.15) is 13.2 Å². The van der Waals surface area contributed by atoms with Crippen molar-refractivity contribution in [2.24, 2.45) is 0 Å². The Labute approximate surface area is 130 Å². The first-order valence-electron chi connectivity index (χ1n) is 7.09. The number of halogens is 5. The fourth-order valence-electron chi connectivity index (χ4n) is 2.85. The van der Waals surface area contributed by atoms with Crippen molar-refractivity contribution in [1.82, 2.24) is 0 Å². The van der Waals surface area contributed by atoms with Crippen LogP contribution < -0.4 is 0 Å². The van der Waals surface area contributed by atoms with E-state index in [2.05, 4.69) is 0 Å². The van der Waals surface area contributed by atoms with E-state index in [1.54, 1.807) is 30.3 Å². The molecule has 0 spiro atoms. The van der Waals surface area contributed by atoms with Crippen molar-refractivity contribution >= 4 is 11.1 Å². The predicted molar refractivity (Wildman–Crippen MR) is 78.9 cm³/mol. The lowest BCUT2D eigenvalue weighted by atomic mass is 9.96. The zero-order valence-corrected chi connectivity index (χ0v) is 12.0. The summed E-state index contributed by atoms with van der Waals surface area (Å²) in [5.41, 5.74) is 1.21. The Kier molecular flexibility index (Phi) is 3.74. The summed E-state index contributed by atoms with van der Waals surface area (Å²) in [6.45, 7) is 0. The zero-order chi connectivity index (χ0) is 16.7. The Morgan fingerprint density at radius 2 is 1.17 bits per heavy atom. The molecule has 0 aromatic heterocycles.